The van der Waals surface area contributed by atoms with Gasteiger partial charge in [0.2, 0.25) is 5.91 Å². The summed E-state index contributed by atoms with van der Waals surface area (Å²) in [4.78, 5) is 20.4. The number of para-hydroxylation sites is 1. The van der Waals surface area contributed by atoms with Crippen LogP contribution in [0.4, 0.5) is 5.69 Å². The maximum Gasteiger partial charge on any atom is 0.229 e. The molecule has 5 unspecified atom stereocenters. The average molecular weight is 362 g/mol. The van der Waals surface area contributed by atoms with E-state index in [0.717, 1.165) is 16.8 Å². The van der Waals surface area contributed by atoms with Gasteiger partial charge in [0.25, 0.3) is 0 Å². The van der Waals surface area contributed by atoms with E-state index < -0.39 is 24.0 Å². The summed E-state index contributed by atoms with van der Waals surface area (Å²) >= 11 is 0. The van der Waals surface area contributed by atoms with Gasteiger partial charge in [-0.3, -0.25) is 9.69 Å². The molecule has 27 heavy (non-hydrogen) atoms. The Morgan fingerprint density at radius 1 is 1.11 bits per heavy atom. The van der Waals surface area contributed by atoms with Crippen LogP contribution in [0.25, 0.3) is 0 Å². The summed E-state index contributed by atoms with van der Waals surface area (Å²) in [5, 5.41) is 15.6. The summed E-state index contributed by atoms with van der Waals surface area (Å²) in [6.07, 6.45) is -0.880. The lowest BCUT2D eigenvalue weighted by Gasteiger charge is -2.37. The fraction of sp³-hybridized carbons (Fsp3) is 0.333. The van der Waals surface area contributed by atoms with E-state index >= 15 is 0 Å². The maximum absolute atomic E-state index is 12.8. The van der Waals surface area contributed by atoms with Crippen molar-refractivity contribution in [2.24, 2.45) is 11.1 Å². The number of amides is 1. The first kappa shape index (κ1) is 15.4. The van der Waals surface area contributed by atoms with Gasteiger partial charge in [-0.05, 0) is 11.6 Å². The van der Waals surface area contributed by atoms with Crippen LogP contribution in [0.3, 0.4) is 0 Å². The normalized spacial score (nSPS) is 35.8. The number of carbonyl (C=O) groups is 1. The summed E-state index contributed by atoms with van der Waals surface area (Å²) in [6.45, 7) is 0. The molecule has 6 heteroatoms. The second-order valence-corrected chi connectivity index (χ2v) is 7.55. The van der Waals surface area contributed by atoms with Gasteiger partial charge < -0.3 is 14.7 Å². The van der Waals surface area contributed by atoms with Crippen LogP contribution in [0.15, 0.2) is 59.8 Å². The van der Waals surface area contributed by atoms with Crippen molar-refractivity contribution in [2.45, 2.75) is 36.9 Å². The van der Waals surface area contributed by atoms with Gasteiger partial charge in [-0.15, -0.1) is 0 Å². The lowest BCUT2D eigenvalue weighted by atomic mass is 9.81. The molecule has 2 fully saturated rings. The van der Waals surface area contributed by atoms with Gasteiger partial charge in [-0.1, -0.05) is 53.7 Å². The van der Waals surface area contributed by atoms with Gasteiger partial charge in [0.1, 0.15) is 12.2 Å². The number of nitrogens with zero attached hydrogens (tertiary/aromatic N) is 2. The molecule has 2 aromatic rings. The van der Waals surface area contributed by atoms with Crippen LogP contribution in [-0.2, 0) is 14.4 Å². The number of aliphatic hydroxyl groups is 1. The number of hydrogen-bond donors (Lipinski definition) is 1. The minimum absolute atomic E-state index is 0.00675. The number of oxime groups is 1. The quantitative estimate of drug-likeness (QED) is 0.846. The van der Waals surface area contributed by atoms with E-state index in [1.807, 2.05) is 54.6 Å². The molecule has 136 valence electrons. The Kier molecular flexibility index (Phi) is 2.95. The molecule has 2 bridgehead atoms. The lowest BCUT2D eigenvalue weighted by molar-refractivity contribution is -0.127. The highest BCUT2D eigenvalue weighted by molar-refractivity contribution is 6.05. The van der Waals surface area contributed by atoms with Crippen molar-refractivity contribution in [3.05, 3.63) is 65.7 Å². The Hall–Kier alpha value is -2.70. The third kappa shape index (κ3) is 1.82. The molecule has 2 aromatic carbocycles. The van der Waals surface area contributed by atoms with Gasteiger partial charge >= 0.3 is 0 Å². The largest absolute Gasteiger partial charge is 0.386 e. The zero-order valence-corrected chi connectivity index (χ0v) is 14.5. The first-order valence-electron chi connectivity index (χ1n) is 9.28. The molecule has 5 atom stereocenters. The van der Waals surface area contributed by atoms with Crippen molar-refractivity contribution in [1.29, 1.82) is 0 Å². The molecule has 0 aliphatic carbocycles. The minimum Gasteiger partial charge on any atom is -0.386 e. The molecule has 0 saturated carbocycles. The van der Waals surface area contributed by atoms with Crippen LogP contribution in [0, 0.1) is 5.92 Å². The van der Waals surface area contributed by atoms with Crippen LogP contribution in [0.5, 0.6) is 0 Å². The number of benzene rings is 2. The Labute approximate surface area is 156 Å². The Bertz CT molecular complexity index is 975. The molecule has 6 rings (SSSR count). The zero-order chi connectivity index (χ0) is 18.2. The highest BCUT2D eigenvalue weighted by Crippen LogP contribution is 2.57. The maximum atomic E-state index is 12.8. The van der Waals surface area contributed by atoms with Gasteiger partial charge in [-0.2, -0.15) is 0 Å². The van der Waals surface area contributed by atoms with E-state index in [2.05, 4.69) is 5.16 Å². The van der Waals surface area contributed by atoms with Gasteiger partial charge in [0.15, 0.2) is 11.8 Å². The predicted molar refractivity (Wildman–Crippen MR) is 97.1 cm³/mol. The molecule has 4 aliphatic rings. The molecule has 1 amide bonds. The van der Waals surface area contributed by atoms with Crippen molar-refractivity contribution in [3.8, 4) is 0 Å². The molecular weight excluding hydrogens is 344 g/mol. The average Bonchev–Trinajstić information content (AvgIpc) is 3.34. The Morgan fingerprint density at radius 3 is 2.74 bits per heavy atom. The number of hydrogen-bond acceptors (Lipinski definition) is 5. The van der Waals surface area contributed by atoms with E-state index in [1.54, 1.807) is 4.90 Å². The summed E-state index contributed by atoms with van der Waals surface area (Å²) in [7, 11) is 0. The molecule has 4 aliphatic heterocycles. The number of carbonyl (C=O) groups excluding carboxylic acids is 1. The van der Waals surface area contributed by atoms with Crippen LogP contribution in [0.1, 0.15) is 30.1 Å². The minimum atomic E-state index is -0.917. The summed E-state index contributed by atoms with van der Waals surface area (Å²) < 4.78 is 6.47. The number of ether oxygens (including phenoxy) is 1. The molecule has 1 N–H and O–H groups in total. The van der Waals surface area contributed by atoms with E-state index in [4.69, 9.17) is 9.57 Å². The number of anilines is 1. The molecule has 4 heterocycles. The Balaban J connectivity index is 1.55. The third-order valence-electron chi connectivity index (χ3n) is 6.25. The summed E-state index contributed by atoms with van der Waals surface area (Å²) in [5.41, 5.74) is 2.25. The van der Waals surface area contributed by atoms with E-state index in [9.17, 15) is 9.90 Å². The molecule has 2 saturated heterocycles. The monoisotopic (exact) mass is 362 g/mol. The second-order valence-electron chi connectivity index (χ2n) is 7.55. The third-order valence-corrected chi connectivity index (χ3v) is 6.25. The predicted octanol–water partition coefficient (Wildman–Crippen LogP) is 2.37. The number of aliphatic hydroxyl groups excluding tert-OH is 1. The molecule has 0 radical (unpaired) electrons. The first-order chi connectivity index (χ1) is 13.2. The highest BCUT2D eigenvalue weighted by Gasteiger charge is 2.70. The highest BCUT2D eigenvalue weighted by atomic mass is 16.7. The van der Waals surface area contributed by atoms with Gasteiger partial charge in [0.05, 0.1) is 17.3 Å². The van der Waals surface area contributed by atoms with Crippen LogP contribution >= 0.6 is 0 Å². The van der Waals surface area contributed by atoms with Crippen molar-refractivity contribution < 1.29 is 19.5 Å². The van der Waals surface area contributed by atoms with Crippen molar-refractivity contribution in [1.82, 2.24) is 0 Å². The zero-order valence-electron chi connectivity index (χ0n) is 14.5. The fourth-order valence-corrected chi connectivity index (χ4v) is 5.12. The second kappa shape index (κ2) is 5.18. The van der Waals surface area contributed by atoms with Crippen molar-refractivity contribution in [2.75, 3.05) is 4.90 Å². The van der Waals surface area contributed by atoms with Gasteiger partial charge in [-0.25, -0.2) is 0 Å². The van der Waals surface area contributed by atoms with Crippen LogP contribution in [-0.4, -0.2) is 34.7 Å². The first-order valence-corrected chi connectivity index (χ1v) is 9.28. The standard InChI is InChI=1S/C21H18N2O4/c24-15-10-11-21-20-16(17(22-27-20)12-6-2-1-3-7-12)19(26-21)18(25)13-8-4-5-9-14(13)23(15)21/h1-9,16,18-20,25H,10-11H2. The SMILES string of the molecule is O=C1CCC23OC(C(O)c4ccccc4N12)C1C(c2ccccc2)=NOC13. The van der Waals surface area contributed by atoms with E-state index in [-0.39, 0.29) is 11.8 Å². The van der Waals surface area contributed by atoms with Crippen LogP contribution < -0.4 is 4.90 Å². The van der Waals surface area contributed by atoms with Crippen molar-refractivity contribution in [3.63, 3.8) is 0 Å². The lowest BCUT2D eigenvalue weighted by Crippen LogP contribution is -2.54. The fourth-order valence-electron chi connectivity index (χ4n) is 5.12. The smallest absolute Gasteiger partial charge is 0.229 e. The number of fused-ring (bicyclic) bond motifs is 5. The van der Waals surface area contributed by atoms with Gasteiger partial charge in [0, 0.05) is 18.4 Å². The number of rotatable bonds is 1. The van der Waals surface area contributed by atoms with E-state index in [0.29, 0.717) is 18.5 Å². The summed E-state index contributed by atoms with van der Waals surface area (Å²) in [6, 6.07) is 17.3. The van der Waals surface area contributed by atoms with E-state index in [1.165, 1.54) is 0 Å². The molecule has 0 aromatic heterocycles. The molecular formula is C21H18N2O4. The topological polar surface area (TPSA) is 71.4 Å². The molecule has 1 spiro atoms. The summed E-state index contributed by atoms with van der Waals surface area (Å²) in [5.74, 6) is -0.239. The Morgan fingerprint density at radius 2 is 1.89 bits per heavy atom. The van der Waals surface area contributed by atoms with Crippen LogP contribution in [0.2, 0.25) is 0 Å². The molecule has 6 nitrogen and oxygen atoms in total. The van der Waals surface area contributed by atoms with Crippen molar-refractivity contribution >= 4 is 17.3 Å².